The van der Waals surface area contributed by atoms with Gasteiger partial charge in [-0.15, -0.1) is 0 Å². The summed E-state index contributed by atoms with van der Waals surface area (Å²) in [5.74, 6) is 1.02. The first kappa shape index (κ1) is 23.0. The van der Waals surface area contributed by atoms with Gasteiger partial charge in [0.1, 0.15) is 6.61 Å². The summed E-state index contributed by atoms with van der Waals surface area (Å²) in [6.45, 7) is 0.390. The number of hydrogen-bond acceptors (Lipinski definition) is 5. The van der Waals surface area contributed by atoms with Gasteiger partial charge in [0.2, 0.25) is 0 Å². The molecule has 174 valence electrons. The Morgan fingerprint density at radius 1 is 0.943 bits per heavy atom. The molecule has 4 aromatic rings. The van der Waals surface area contributed by atoms with Gasteiger partial charge in [0, 0.05) is 5.02 Å². The molecule has 1 saturated heterocycles. The van der Waals surface area contributed by atoms with Crippen LogP contribution in [0, 0.1) is 0 Å². The molecule has 4 aromatic carbocycles. The van der Waals surface area contributed by atoms with Crippen LogP contribution in [0.2, 0.25) is 5.02 Å². The third-order valence-corrected chi connectivity index (χ3v) is 6.57. The number of hydrogen-bond donors (Lipinski definition) is 1. The molecule has 1 aliphatic heterocycles. The molecule has 1 heterocycles. The molecule has 0 saturated carbocycles. The number of fused-ring (bicyclic) bond motifs is 1. The zero-order valence-corrected chi connectivity index (χ0v) is 20.4. The molecule has 0 aromatic heterocycles. The largest absolute Gasteiger partial charge is 0.493 e. The van der Waals surface area contributed by atoms with Crippen LogP contribution < -0.4 is 14.8 Å². The Bertz CT molecular complexity index is 1470. The van der Waals surface area contributed by atoms with Crippen molar-refractivity contribution in [3.05, 3.63) is 106 Å². The zero-order valence-electron chi connectivity index (χ0n) is 18.8. The first-order valence-electron chi connectivity index (χ1n) is 10.9. The Labute approximate surface area is 212 Å². The van der Waals surface area contributed by atoms with Gasteiger partial charge in [-0.05, 0) is 76.1 Å². The molecule has 1 N–H and O–H groups in total. The van der Waals surface area contributed by atoms with E-state index in [1.807, 2.05) is 84.9 Å². The van der Waals surface area contributed by atoms with Crippen LogP contribution in [0.4, 0.5) is 5.69 Å². The van der Waals surface area contributed by atoms with Gasteiger partial charge in [-0.3, -0.25) is 4.79 Å². The number of benzene rings is 4. The second-order valence-corrected chi connectivity index (χ2v) is 9.31. The zero-order chi connectivity index (χ0) is 24.2. The minimum absolute atomic E-state index is 0.184. The second-order valence-electron chi connectivity index (χ2n) is 7.84. The summed E-state index contributed by atoms with van der Waals surface area (Å²) in [5, 5.41) is 6.32. The minimum Gasteiger partial charge on any atom is -0.493 e. The summed E-state index contributed by atoms with van der Waals surface area (Å²) in [6.07, 6.45) is 1.81. The fourth-order valence-corrected chi connectivity index (χ4v) is 4.60. The van der Waals surface area contributed by atoms with E-state index >= 15 is 0 Å². The van der Waals surface area contributed by atoms with Gasteiger partial charge >= 0.3 is 0 Å². The highest BCUT2D eigenvalue weighted by molar-refractivity contribution is 8.18. The Kier molecular flexibility index (Phi) is 6.75. The van der Waals surface area contributed by atoms with Gasteiger partial charge in [-0.2, -0.15) is 0 Å². The lowest BCUT2D eigenvalue weighted by molar-refractivity contribution is -0.115. The lowest BCUT2D eigenvalue weighted by atomic mass is 10.1. The number of aliphatic imine (C=N–C) groups is 1. The summed E-state index contributed by atoms with van der Waals surface area (Å²) in [5.41, 5.74) is 2.61. The van der Waals surface area contributed by atoms with E-state index in [0.717, 1.165) is 27.6 Å². The first-order chi connectivity index (χ1) is 17.1. The fourth-order valence-electron chi connectivity index (χ4n) is 3.63. The highest BCUT2D eigenvalue weighted by atomic mass is 35.5. The van der Waals surface area contributed by atoms with Crippen LogP contribution in [-0.4, -0.2) is 18.2 Å². The van der Waals surface area contributed by atoms with Crippen molar-refractivity contribution in [1.29, 1.82) is 0 Å². The van der Waals surface area contributed by atoms with Crippen molar-refractivity contribution in [1.82, 2.24) is 5.32 Å². The van der Waals surface area contributed by atoms with E-state index in [1.54, 1.807) is 7.11 Å². The lowest BCUT2D eigenvalue weighted by Crippen LogP contribution is -2.19. The van der Waals surface area contributed by atoms with Gasteiger partial charge in [-0.25, -0.2) is 4.99 Å². The van der Waals surface area contributed by atoms with Gasteiger partial charge in [-0.1, -0.05) is 60.1 Å². The number of ether oxygens (including phenoxy) is 2. The molecule has 1 amide bonds. The van der Waals surface area contributed by atoms with E-state index in [1.165, 1.54) is 11.8 Å². The van der Waals surface area contributed by atoms with Crippen molar-refractivity contribution in [2.75, 3.05) is 7.11 Å². The van der Waals surface area contributed by atoms with Crippen LogP contribution in [0.15, 0.2) is 94.8 Å². The fraction of sp³-hybridized carbons (Fsp3) is 0.0714. The number of nitrogens with one attached hydrogen (secondary N) is 1. The standard InChI is InChI=1S/C28H21ClN2O3S/c1-33-25-14-19(8-13-24(25)34-17-18-6-10-22(29)11-7-18)15-26-27(32)31-28(35-26)30-23-12-9-20-4-2-3-5-21(20)16-23/h2-16H,17H2,1H3,(H,30,31,32)/b26-15-. The smallest absolute Gasteiger partial charge is 0.264 e. The summed E-state index contributed by atoms with van der Waals surface area (Å²) in [7, 11) is 1.59. The molecular weight excluding hydrogens is 480 g/mol. The SMILES string of the molecule is COc1cc(/C=C2\SC(=Nc3ccc4ccccc4c3)NC2=O)ccc1OCc1ccc(Cl)cc1. The van der Waals surface area contributed by atoms with E-state index in [0.29, 0.717) is 33.2 Å². The number of halogens is 1. The molecule has 5 rings (SSSR count). The third kappa shape index (κ3) is 5.50. The van der Waals surface area contributed by atoms with Crippen molar-refractivity contribution in [2.45, 2.75) is 6.61 Å². The summed E-state index contributed by atoms with van der Waals surface area (Å²) in [4.78, 5) is 17.7. The molecule has 35 heavy (non-hydrogen) atoms. The topological polar surface area (TPSA) is 59.9 Å². The van der Waals surface area contributed by atoms with Gasteiger partial charge < -0.3 is 14.8 Å². The van der Waals surface area contributed by atoms with E-state index < -0.39 is 0 Å². The lowest BCUT2D eigenvalue weighted by Gasteiger charge is -2.11. The number of methoxy groups -OCH3 is 1. The van der Waals surface area contributed by atoms with Crippen LogP contribution in [0.5, 0.6) is 11.5 Å². The monoisotopic (exact) mass is 500 g/mol. The number of carbonyl (C=O) groups excluding carboxylic acids is 1. The predicted octanol–water partition coefficient (Wildman–Crippen LogP) is 6.97. The molecule has 0 aliphatic carbocycles. The highest BCUT2D eigenvalue weighted by Crippen LogP contribution is 2.33. The van der Waals surface area contributed by atoms with Crippen molar-refractivity contribution in [3.63, 3.8) is 0 Å². The second kappa shape index (κ2) is 10.3. The van der Waals surface area contributed by atoms with E-state index in [4.69, 9.17) is 21.1 Å². The maximum absolute atomic E-state index is 12.5. The van der Waals surface area contributed by atoms with E-state index in [9.17, 15) is 4.79 Å². The maximum atomic E-state index is 12.5. The number of thioether (sulfide) groups is 1. The van der Waals surface area contributed by atoms with E-state index in [2.05, 4.69) is 16.4 Å². The molecule has 0 bridgehead atoms. The highest BCUT2D eigenvalue weighted by Gasteiger charge is 2.24. The first-order valence-corrected chi connectivity index (χ1v) is 12.1. The summed E-state index contributed by atoms with van der Waals surface area (Å²) >= 11 is 7.25. The molecule has 7 heteroatoms. The van der Waals surface area contributed by atoms with Crippen molar-refractivity contribution in [3.8, 4) is 11.5 Å². The Morgan fingerprint density at radius 3 is 2.54 bits per heavy atom. The van der Waals surface area contributed by atoms with Crippen LogP contribution in [0.1, 0.15) is 11.1 Å². The van der Waals surface area contributed by atoms with Gasteiger partial charge in [0.15, 0.2) is 16.7 Å². The number of amides is 1. The molecule has 0 unspecified atom stereocenters. The Balaban J connectivity index is 1.31. The quantitative estimate of drug-likeness (QED) is 0.290. The van der Waals surface area contributed by atoms with Crippen LogP contribution in [-0.2, 0) is 11.4 Å². The number of rotatable bonds is 6. The van der Waals surface area contributed by atoms with Crippen molar-refractivity contribution in [2.24, 2.45) is 4.99 Å². The minimum atomic E-state index is -0.184. The van der Waals surface area contributed by atoms with Crippen molar-refractivity contribution < 1.29 is 14.3 Å². The molecule has 1 fully saturated rings. The Morgan fingerprint density at radius 2 is 1.74 bits per heavy atom. The molecule has 0 spiro atoms. The molecule has 5 nitrogen and oxygen atoms in total. The number of nitrogens with zero attached hydrogens (tertiary/aromatic N) is 1. The predicted molar refractivity (Wildman–Crippen MR) is 144 cm³/mol. The average molecular weight is 501 g/mol. The van der Waals surface area contributed by atoms with Crippen LogP contribution in [0.3, 0.4) is 0 Å². The Hall–Kier alpha value is -3.74. The van der Waals surface area contributed by atoms with Gasteiger partial charge in [0.25, 0.3) is 5.91 Å². The van der Waals surface area contributed by atoms with Crippen LogP contribution >= 0.6 is 23.4 Å². The van der Waals surface area contributed by atoms with Crippen LogP contribution in [0.25, 0.3) is 16.8 Å². The maximum Gasteiger partial charge on any atom is 0.264 e. The number of amidine groups is 1. The number of carbonyl (C=O) groups is 1. The molecular formula is C28H21ClN2O3S. The summed E-state index contributed by atoms with van der Waals surface area (Å²) < 4.78 is 11.4. The molecule has 0 radical (unpaired) electrons. The normalized spacial score (nSPS) is 15.5. The summed E-state index contributed by atoms with van der Waals surface area (Å²) in [6, 6.07) is 27.1. The third-order valence-electron chi connectivity index (χ3n) is 5.41. The average Bonchev–Trinajstić information content (AvgIpc) is 3.22. The van der Waals surface area contributed by atoms with Crippen molar-refractivity contribution >= 4 is 57.0 Å². The molecule has 1 aliphatic rings. The van der Waals surface area contributed by atoms with Gasteiger partial charge in [0.05, 0.1) is 17.7 Å². The van der Waals surface area contributed by atoms with E-state index in [-0.39, 0.29) is 5.91 Å². The molecule has 0 atom stereocenters.